The van der Waals surface area contributed by atoms with Gasteiger partial charge in [-0.1, -0.05) is 15.9 Å². The first-order valence-electron chi connectivity index (χ1n) is 5.15. The van der Waals surface area contributed by atoms with E-state index in [-0.39, 0.29) is 17.1 Å². The summed E-state index contributed by atoms with van der Waals surface area (Å²) in [7, 11) is 1.23. The fraction of sp³-hybridized carbons (Fsp3) is 0.154. The van der Waals surface area contributed by atoms with Gasteiger partial charge in [-0.15, -0.1) is 0 Å². The molecule has 0 heterocycles. The maximum absolute atomic E-state index is 13.5. The highest BCUT2D eigenvalue weighted by Crippen LogP contribution is 2.36. The quantitative estimate of drug-likeness (QED) is 0.819. The Morgan fingerprint density at radius 3 is 2.61 bits per heavy atom. The van der Waals surface area contributed by atoms with E-state index in [4.69, 9.17) is 0 Å². The van der Waals surface area contributed by atoms with Gasteiger partial charge in [0.1, 0.15) is 17.1 Å². The summed E-state index contributed by atoms with van der Waals surface area (Å²) in [5, 5.41) is 11.0. The number of benzene rings is 2. The number of phenols is 1. The first-order chi connectivity index (χ1) is 8.45. The third-order valence-electron chi connectivity index (χ3n) is 2.74. The molecule has 0 saturated carbocycles. The molecule has 0 radical (unpaired) electrons. The van der Waals surface area contributed by atoms with Crippen molar-refractivity contribution in [2.75, 3.05) is 7.11 Å². The smallest absolute Gasteiger partial charge is 0.341 e. The van der Waals surface area contributed by atoms with Gasteiger partial charge in [-0.05, 0) is 30.7 Å². The lowest BCUT2D eigenvalue weighted by Crippen LogP contribution is -2.02. The van der Waals surface area contributed by atoms with E-state index < -0.39 is 5.97 Å². The van der Waals surface area contributed by atoms with E-state index in [9.17, 15) is 14.3 Å². The maximum Gasteiger partial charge on any atom is 0.341 e. The van der Waals surface area contributed by atoms with Crippen LogP contribution in [0.15, 0.2) is 22.7 Å². The van der Waals surface area contributed by atoms with E-state index in [1.807, 2.05) is 0 Å². The molecule has 0 unspecified atom stereocenters. The minimum atomic E-state index is -0.642. The van der Waals surface area contributed by atoms with Crippen molar-refractivity contribution < 1.29 is 19.0 Å². The molecular formula is C13H10BrFO3. The van der Waals surface area contributed by atoms with Crippen LogP contribution < -0.4 is 0 Å². The molecule has 0 aliphatic rings. The number of ether oxygens (including phenoxy) is 1. The molecule has 18 heavy (non-hydrogen) atoms. The van der Waals surface area contributed by atoms with Gasteiger partial charge in [-0.3, -0.25) is 0 Å². The van der Waals surface area contributed by atoms with Crippen LogP contribution in [0.25, 0.3) is 10.8 Å². The van der Waals surface area contributed by atoms with Crippen molar-refractivity contribution in [1.82, 2.24) is 0 Å². The van der Waals surface area contributed by atoms with Crippen LogP contribution >= 0.6 is 15.9 Å². The van der Waals surface area contributed by atoms with Gasteiger partial charge in [0.2, 0.25) is 0 Å². The molecule has 0 atom stereocenters. The number of fused-ring (bicyclic) bond motifs is 1. The summed E-state index contributed by atoms with van der Waals surface area (Å²) in [6.07, 6.45) is 0. The van der Waals surface area contributed by atoms with Crippen molar-refractivity contribution >= 4 is 32.7 Å². The summed E-state index contributed by atoms with van der Waals surface area (Å²) in [5.74, 6) is -1.21. The van der Waals surface area contributed by atoms with Gasteiger partial charge < -0.3 is 9.84 Å². The van der Waals surface area contributed by atoms with Crippen molar-refractivity contribution in [1.29, 1.82) is 0 Å². The number of methoxy groups -OCH3 is 1. The van der Waals surface area contributed by atoms with Crippen LogP contribution in [0.3, 0.4) is 0 Å². The molecule has 2 aromatic carbocycles. The second-order valence-electron chi connectivity index (χ2n) is 3.89. The van der Waals surface area contributed by atoms with E-state index >= 15 is 0 Å². The Morgan fingerprint density at radius 2 is 2.00 bits per heavy atom. The third kappa shape index (κ3) is 1.95. The summed E-state index contributed by atoms with van der Waals surface area (Å²) in [6, 6.07) is 4.23. The monoisotopic (exact) mass is 312 g/mol. The first-order valence-corrected chi connectivity index (χ1v) is 5.94. The zero-order valence-corrected chi connectivity index (χ0v) is 11.3. The van der Waals surface area contributed by atoms with Crippen LogP contribution in [0, 0.1) is 12.7 Å². The number of carbonyl (C=O) groups excluding carboxylic acids is 1. The molecule has 2 aromatic rings. The molecule has 0 aromatic heterocycles. The number of esters is 1. The van der Waals surface area contributed by atoms with Gasteiger partial charge >= 0.3 is 5.97 Å². The SMILES string of the molecule is COC(=O)c1cc(Br)c2cc(F)c(C)cc2c1O. The number of phenolic OH excluding ortho intramolecular Hbond substituents is 1. The molecule has 1 N–H and O–H groups in total. The predicted octanol–water partition coefficient (Wildman–Crippen LogP) is 3.54. The van der Waals surface area contributed by atoms with Gasteiger partial charge in [0.15, 0.2) is 0 Å². The Bertz CT molecular complexity index is 652. The fourth-order valence-electron chi connectivity index (χ4n) is 1.76. The van der Waals surface area contributed by atoms with Crippen LogP contribution in [0.2, 0.25) is 0 Å². The molecular weight excluding hydrogens is 303 g/mol. The molecule has 0 spiro atoms. The first kappa shape index (κ1) is 12.8. The molecule has 0 bridgehead atoms. The number of carbonyl (C=O) groups is 1. The lowest BCUT2D eigenvalue weighted by atomic mass is 10.0. The standard InChI is InChI=1S/C13H10BrFO3/c1-6-3-8-7(5-11(6)15)10(14)4-9(12(8)16)13(17)18-2/h3-5,16H,1-2H3. The Hall–Kier alpha value is -1.62. The van der Waals surface area contributed by atoms with Gasteiger partial charge in [-0.25, -0.2) is 9.18 Å². The summed E-state index contributed by atoms with van der Waals surface area (Å²) >= 11 is 3.25. The lowest BCUT2D eigenvalue weighted by Gasteiger charge is -2.10. The molecule has 0 amide bonds. The average Bonchev–Trinajstić information content (AvgIpc) is 2.35. The van der Waals surface area contributed by atoms with Crippen LogP contribution in [0.1, 0.15) is 15.9 Å². The predicted molar refractivity (Wildman–Crippen MR) is 69.3 cm³/mol. The van der Waals surface area contributed by atoms with Crippen LogP contribution in [0.5, 0.6) is 5.75 Å². The molecule has 0 aliphatic heterocycles. The molecule has 5 heteroatoms. The second-order valence-corrected chi connectivity index (χ2v) is 4.75. The Morgan fingerprint density at radius 1 is 1.33 bits per heavy atom. The number of hydrogen-bond donors (Lipinski definition) is 1. The van der Waals surface area contributed by atoms with Crippen LogP contribution in [-0.4, -0.2) is 18.2 Å². The molecule has 0 aliphatic carbocycles. The van der Waals surface area contributed by atoms with Gasteiger partial charge in [-0.2, -0.15) is 0 Å². The van der Waals surface area contributed by atoms with Crippen LogP contribution in [0.4, 0.5) is 4.39 Å². The van der Waals surface area contributed by atoms with Crippen molar-refractivity contribution in [3.63, 3.8) is 0 Å². The molecule has 0 saturated heterocycles. The van der Waals surface area contributed by atoms with E-state index in [0.29, 0.717) is 20.8 Å². The highest BCUT2D eigenvalue weighted by molar-refractivity contribution is 9.10. The molecule has 2 rings (SSSR count). The fourth-order valence-corrected chi connectivity index (χ4v) is 2.32. The van der Waals surface area contributed by atoms with Crippen molar-refractivity contribution in [2.24, 2.45) is 0 Å². The van der Waals surface area contributed by atoms with E-state index in [1.165, 1.54) is 25.3 Å². The lowest BCUT2D eigenvalue weighted by molar-refractivity contribution is 0.0597. The number of hydrogen-bond acceptors (Lipinski definition) is 3. The van der Waals surface area contributed by atoms with Crippen molar-refractivity contribution in [3.8, 4) is 5.75 Å². The normalized spacial score (nSPS) is 10.7. The molecule has 3 nitrogen and oxygen atoms in total. The Kier molecular flexibility index (Phi) is 3.26. The van der Waals surface area contributed by atoms with E-state index in [2.05, 4.69) is 20.7 Å². The highest BCUT2D eigenvalue weighted by atomic mass is 79.9. The number of halogens is 2. The zero-order valence-electron chi connectivity index (χ0n) is 9.75. The molecule has 94 valence electrons. The summed E-state index contributed by atoms with van der Waals surface area (Å²) in [4.78, 5) is 11.5. The van der Waals surface area contributed by atoms with E-state index in [1.54, 1.807) is 6.92 Å². The Labute approximate surface area is 111 Å². The minimum Gasteiger partial charge on any atom is -0.506 e. The second kappa shape index (κ2) is 4.57. The average molecular weight is 313 g/mol. The van der Waals surface area contributed by atoms with Crippen molar-refractivity contribution in [3.05, 3.63) is 39.6 Å². The number of aromatic hydroxyl groups is 1. The molecule has 0 fully saturated rings. The summed E-state index contributed by atoms with van der Waals surface area (Å²) < 4.78 is 18.6. The summed E-state index contributed by atoms with van der Waals surface area (Å²) in [5.41, 5.74) is 0.439. The minimum absolute atomic E-state index is 0.0443. The van der Waals surface area contributed by atoms with Crippen molar-refractivity contribution in [2.45, 2.75) is 6.92 Å². The van der Waals surface area contributed by atoms with Crippen LogP contribution in [-0.2, 0) is 4.74 Å². The number of aryl methyl sites for hydroxylation is 1. The summed E-state index contributed by atoms with van der Waals surface area (Å²) in [6.45, 7) is 1.59. The van der Waals surface area contributed by atoms with Gasteiger partial charge in [0.25, 0.3) is 0 Å². The maximum atomic E-state index is 13.5. The van der Waals surface area contributed by atoms with Gasteiger partial charge in [0, 0.05) is 15.2 Å². The third-order valence-corrected chi connectivity index (χ3v) is 3.40. The highest BCUT2D eigenvalue weighted by Gasteiger charge is 2.17. The largest absolute Gasteiger partial charge is 0.506 e. The number of rotatable bonds is 1. The zero-order chi connectivity index (χ0) is 13.4. The Balaban J connectivity index is 2.85. The van der Waals surface area contributed by atoms with Gasteiger partial charge in [0.05, 0.1) is 7.11 Å². The van der Waals surface area contributed by atoms with E-state index in [0.717, 1.165) is 0 Å². The topological polar surface area (TPSA) is 46.5 Å².